The molecule has 1 aromatic heterocycles. The average Bonchev–Trinajstić information content (AvgIpc) is 3.34. The fourth-order valence-corrected chi connectivity index (χ4v) is 5.05. The molecule has 3 aromatic rings. The van der Waals surface area contributed by atoms with Gasteiger partial charge in [0.05, 0.1) is 6.61 Å². The Morgan fingerprint density at radius 2 is 1.74 bits per heavy atom. The Morgan fingerprint density at radius 3 is 2.39 bits per heavy atom. The zero-order valence-corrected chi connectivity index (χ0v) is 20.0. The van der Waals surface area contributed by atoms with Crippen LogP contribution < -0.4 is 0 Å². The van der Waals surface area contributed by atoms with E-state index in [0.29, 0.717) is 5.41 Å². The summed E-state index contributed by atoms with van der Waals surface area (Å²) in [4.78, 5) is 7.01. The quantitative estimate of drug-likeness (QED) is 0.368. The van der Waals surface area contributed by atoms with Crippen molar-refractivity contribution in [3.8, 4) is 10.6 Å². The Bertz CT molecular complexity index is 876. The SMILES string of the molecule is CCOCC1(CCc2ccccc2)CCN(Cc2ccc(-c3nccs3)cc2)CC1.Cl. The van der Waals surface area contributed by atoms with E-state index in [0.717, 1.165) is 44.3 Å². The van der Waals surface area contributed by atoms with Crippen LogP contribution >= 0.6 is 23.7 Å². The van der Waals surface area contributed by atoms with E-state index in [2.05, 4.69) is 71.4 Å². The summed E-state index contributed by atoms with van der Waals surface area (Å²) in [6.45, 7) is 7.14. The number of aryl methyl sites for hydroxylation is 1. The Balaban J connectivity index is 0.00000272. The van der Waals surface area contributed by atoms with Gasteiger partial charge in [0, 0.05) is 30.3 Å². The fourth-order valence-electron chi connectivity index (χ4n) is 4.40. The lowest BCUT2D eigenvalue weighted by Crippen LogP contribution is -2.42. The maximum absolute atomic E-state index is 5.94. The van der Waals surface area contributed by atoms with Gasteiger partial charge in [-0.2, -0.15) is 0 Å². The van der Waals surface area contributed by atoms with Crippen LogP contribution in [-0.4, -0.2) is 36.2 Å². The van der Waals surface area contributed by atoms with Gasteiger partial charge in [0.15, 0.2) is 0 Å². The summed E-state index contributed by atoms with van der Waals surface area (Å²) in [5.41, 5.74) is 4.36. The van der Waals surface area contributed by atoms with E-state index in [-0.39, 0.29) is 12.4 Å². The number of aromatic nitrogens is 1. The molecule has 0 aliphatic carbocycles. The van der Waals surface area contributed by atoms with E-state index in [1.165, 1.54) is 36.0 Å². The number of likely N-dealkylation sites (tertiary alicyclic amines) is 1. The fraction of sp³-hybridized carbons (Fsp3) is 0.423. The summed E-state index contributed by atoms with van der Waals surface area (Å²) in [6.07, 6.45) is 6.67. The van der Waals surface area contributed by atoms with Crippen molar-refractivity contribution in [2.24, 2.45) is 5.41 Å². The molecule has 3 nitrogen and oxygen atoms in total. The minimum atomic E-state index is 0. The molecule has 2 heterocycles. The van der Waals surface area contributed by atoms with Crippen LogP contribution in [0.1, 0.15) is 37.3 Å². The van der Waals surface area contributed by atoms with Crippen molar-refractivity contribution in [2.45, 2.75) is 39.2 Å². The molecule has 0 atom stereocenters. The molecule has 5 heteroatoms. The minimum Gasteiger partial charge on any atom is -0.381 e. The van der Waals surface area contributed by atoms with Crippen LogP contribution in [0.15, 0.2) is 66.2 Å². The molecule has 0 bridgehead atoms. The van der Waals surface area contributed by atoms with Crippen LogP contribution in [0, 0.1) is 5.41 Å². The summed E-state index contributed by atoms with van der Waals surface area (Å²) in [6, 6.07) is 19.8. The van der Waals surface area contributed by atoms with Gasteiger partial charge in [0.25, 0.3) is 0 Å². The van der Waals surface area contributed by atoms with Gasteiger partial charge >= 0.3 is 0 Å². The molecule has 0 unspecified atom stereocenters. The van der Waals surface area contributed by atoms with Crippen molar-refractivity contribution >= 4 is 23.7 Å². The predicted molar refractivity (Wildman–Crippen MR) is 133 cm³/mol. The first-order chi connectivity index (χ1) is 14.8. The predicted octanol–water partition coefficient (Wildman–Crippen LogP) is 6.48. The highest BCUT2D eigenvalue weighted by Crippen LogP contribution is 2.37. The first kappa shape index (κ1) is 23.9. The van der Waals surface area contributed by atoms with Gasteiger partial charge in [-0.25, -0.2) is 4.98 Å². The monoisotopic (exact) mass is 456 g/mol. The molecule has 166 valence electrons. The maximum Gasteiger partial charge on any atom is 0.123 e. The molecule has 1 aliphatic heterocycles. The molecule has 0 radical (unpaired) electrons. The summed E-state index contributed by atoms with van der Waals surface area (Å²) < 4.78 is 5.94. The van der Waals surface area contributed by atoms with Gasteiger partial charge < -0.3 is 4.74 Å². The Labute approximate surface area is 196 Å². The van der Waals surface area contributed by atoms with Crippen LogP contribution in [-0.2, 0) is 17.7 Å². The highest BCUT2D eigenvalue weighted by Gasteiger charge is 2.34. The Hall–Kier alpha value is -1.72. The lowest BCUT2D eigenvalue weighted by molar-refractivity contribution is -0.00232. The van der Waals surface area contributed by atoms with E-state index in [1.807, 2.05) is 11.6 Å². The molecule has 1 saturated heterocycles. The molecule has 0 amide bonds. The van der Waals surface area contributed by atoms with Gasteiger partial charge in [-0.3, -0.25) is 4.90 Å². The van der Waals surface area contributed by atoms with Gasteiger partial charge in [-0.1, -0.05) is 54.6 Å². The van der Waals surface area contributed by atoms with E-state index in [9.17, 15) is 0 Å². The van der Waals surface area contributed by atoms with Gasteiger partial charge in [-0.05, 0) is 62.2 Å². The summed E-state index contributed by atoms with van der Waals surface area (Å²) >= 11 is 1.69. The Kier molecular flexibility index (Phi) is 9.09. The lowest BCUT2D eigenvalue weighted by Gasteiger charge is -2.42. The molecular weight excluding hydrogens is 424 g/mol. The molecule has 0 saturated carbocycles. The molecule has 1 fully saturated rings. The van der Waals surface area contributed by atoms with E-state index >= 15 is 0 Å². The molecule has 0 N–H and O–H groups in total. The number of thiazole rings is 1. The van der Waals surface area contributed by atoms with Gasteiger partial charge in [0.1, 0.15) is 5.01 Å². The highest BCUT2D eigenvalue weighted by atomic mass is 35.5. The zero-order chi connectivity index (χ0) is 20.7. The van der Waals surface area contributed by atoms with Gasteiger partial charge in [0.2, 0.25) is 0 Å². The standard InChI is InChI=1S/C26H32N2OS.ClH/c1-2-29-21-26(13-12-22-6-4-3-5-7-22)14-17-28(18-15-26)20-23-8-10-24(11-9-23)25-27-16-19-30-25;/h3-11,16,19H,2,12-15,17-18,20-21H2,1H3;1H. The van der Waals surface area contributed by atoms with Crippen molar-refractivity contribution in [3.05, 3.63) is 77.3 Å². The highest BCUT2D eigenvalue weighted by molar-refractivity contribution is 7.13. The second-order valence-electron chi connectivity index (χ2n) is 8.43. The van der Waals surface area contributed by atoms with Crippen LogP contribution in [0.25, 0.3) is 10.6 Å². The third-order valence-electron chi connectivity index (χ3n) is 6.36. The number of piperidine rings is 1. The normalized spacial score (nSPS) is 16.0. The molecule has 1 aliphatic rings. The van der Waals surface area contributed by atoms with E-state index < -0.39 is 0 Å². The third-order valence-corrected chi connectivity index (χ3v) is 7.18. The van der Waals surface area contributed by atoms with Gasteiger partial charge in [-0.15, -0.1) is 23.7 Å². The molecule has 4 rings (SSSR count). The van der Waals surface area contributed by atoms with E-state index in [4.69, 9.17) is 4.74 Å². The minimum absolute atomic E-state index is 0. The van der Waals surface area contributed by atoms with E-state index in [1.54, 1.807) is 11.3 Å². The molecular formula is C26H33ClN2OS. The first-order valence-corrected chi connectivity index (χ1v) is 12.0. The summed E-state index contributed by atoms with van der Waals surface area (Å²) in [5, 5.41) is 3.13. The number of benzene rings is 2. The Morgan fingerprint density at radius 1 is 1.00 bits per heavy atom. The van der Waals surface area contributed by atoms with Crippen molar-refractivity contribution in [1.82, 2.24) is 9.88 Å². The first-order valence-electron chi connectivity index (χ1n) is 11.1. The van der Waals surface area contributed by atoms with Crippen LogP contribution in [0.3, 0.4) is 0 Å². The van der Waals surface area contributed by atoms with Crippen molar-refractivity contribution in [1.29, 1.82) is 0 Å². The van der Waals surface area contributed by atoms with Crippen LogP contribution in [0.4, 0.5) is 0 Å². The van der Waals surface area contributed by atoms with Crippen molar-refractivity contribution in [2.75, 3.05) is 26.3 Å². The molecule has 31 heavy (non-hydrogen) atoms. The van der Waals surface area contributed by atoms with Crippen LogP contribution in [0.5, 0.6) is 0 Å². The smallest absolute Gasteiger partial charge is 0.123 e. The summed E-state index contributed by atoms with van der Waals surface area (Å²) in [5.74, 6) is 0. The maximum atomic E-state index is 5.94. The zero-order valence-electron chi connectivity index (χ0n) is 18.3. The number of hydrogen-bond donors (Lipinski definition) is 0. The average molecular weight is 457 g/mol. The second kappa shape index (κ2) is 11.8. The summed E-state index contributed by atoms with van der Waals surface area (Å²) in [7, 11) is 0. The third kappa shape index (κ3) is 6.63. The number of rotatable bonds is 9. The largest absolute Gasteiger partial charge is 0.381 e. The molecule has 0 spiro atoms. The number of ether oxygens (including phenoxy) is 1. The molecule has 2 aromatic carbocycles. The second-order valence-corrected chi connectivity index (χ2v) is 9.33. The number of nitrogens with zero attached hydrogens (tertiary/aromatic N) is 2. The lowest BCUT2D eigenvalue weighted by atomic mass is 9.74. The topological polar surface area (TPSA) is 25.4 Å². The number of halogens is 1. The van der Waals surface area contributed by atoms with Crippen LogP contribution in [0.2, 0.25) is 0 Å². The number of hydrogen-bond acceptors (Lipinski definition) is 4. The van der Waals surface area contributed by atoms with Crippen molar-refractivity contribution < 1.29 is 4.74 Å². The van der Waals surface area contributed by atoms with Crippen molar-refractivity contribution in [3.63, 3.8) is 0 Å².